The van der Waals surface area contributed by atoms with E-state index >= 15 is 0 Å². The summed E-state index contributed by atoms with van der Waals surface area (Å²) in [5.41, 5.74) is 1.58. The van der Waals surface area contributed by atoms with Crippen LogP contribution in [0, 0.1) is 11.3 Å². The zero-order valence-electron chi connectivity index (χ0n) is 10.9. The molecule has 18 heavy (non-hydrogen) atoms. The molecule has 0 saturated carbocycles. The van der Waals surface area contributed by atoms with Crippen molar-refractivity contribution >= 4 is 0 Å². The van der Waals surface area contributed by atoms with E-state index in [0.717, 1.165) is 12.1 Å². The van der Waals surface area contributed by atoms with Crippen LogP contribution in [-0.2, 0) is 32.9 Å². The molecule has 0 aromatic heterocycles. The average Bonchev–Trinajstić information content (AvgIpc) is 2.34. The number of aliphatic hydroxyl groups excluding tert-OH is 1. The van der Waals surface area contributed by atoms with Crippen LogP contribution < -0.4 is 5.32 Å². The van der Waals surface area contributed by atoms with Crippen molar-refractivity contribution in [2.45, 2.75) is 25.2 Å². The topological polar surface area (TPSA) is 56.0 Å². The molecule has 0 fully saturated rings. The number of hydrogen-bond donors (Lipinski definition) is 2. The summed E-state index contributed by atoms with van der Waals surface area (Å²) in [6.45, 7) is 3.22. The van der Waals surface area contributed by atoms with Gasteiger partial charge in [0.15, 0.2) is 0 Å². The van der Waals surface area contributed by atoms with E-state index in [1.807, 2.05) is 31.3 Å². The minimum Gasteiger partial charge on any atom is -0.394 e. The van der Waals surface area contributed by atoms with Gasteiger partial charge in [-0.05, 0) is 37.6 Å². The van der Waals surface area contributed by atoms with Gasteiger partial charge < -0.3 is 10.4 Å². The van der Waals surface area contributed by atoms with Gasteiger partial charge in [0.1, 0.15) is 5.41 Å². The fraction of sp³-hybridized carbons (Fsp3) is 0.500. The molecule has 1 aliphatic carbocycles. The number of fused-ring (bicyclic) bond motifs is 1. The Balaban J connectivity index is 0.000000421. The van der Waals surface area contributed by atoms with E-state index in [1.165, 1.54) is 12.0 Å². The summed E-state index contributed by atoms with van der Waals surface area (Å²) < 4.78 is 0. The number of nitrogens with zero attached hydrogens (tertiary/aromatic N) is 1. The second-order valence-electron chi connectivity index (χ2n) is 4.29. The molecule has 1 unspecified atom stereocenters. The second kappa shape index (κ2) is 8.43. The first-order chi connectivity index (χ1) is 8.24. The molecule has 2 N–H and O–H groups in total. The Labute approximate surface area is 123 Å². The van der Waals surface area contributed by atoms with Crippen LogP contribution in [0.15, 0.2) is 24.3 Å². The van der Waals surface area contributed by atoms with Crippen molar-refractivity contribution in [1.82, 2.24) is 5.32 Å². The first-order valence-corrected chi connectivity index (χ1v) is 5.99. The Morgan fingerprint density at radius 2 is 2.11 bits per heavy atom. The average molecular weight is 416 g/mol. The Morgan fingerprint density at radius 3 is 2.50 bits per heavy atom. The largest absolute Gasteiger partial charge is 0.394 e. The maximum atomic E-state index is 9.06. The molecule has 0 amide bonds. The van der Waals surface area contributed by atoms with Crippen molar-refractivity contribution in [2.75, 3.05) is 20.2 Å². The van der Waals surface area contributed by atoms with Crippen LogP contribution in [0.4, 0.5) is 0 Å². The number of nitriles is 1. The first-order valence-electron chi connectivity index (χ1n) is 5.99. The van der Waals surface area contributed by atoms with Crippen LogP contribution >= 0.6 is 0 Å². The maximum absolute atomic E-state index is 9.06. The van der Waals surface area contributed by atoms with Crippen LogP contribution in [0.2, 0.25) is 0 Å². The Bertz CT molecular complexity index is 401. The summed E-state index contributed by atoms with van der Waals surface area (Å²) in [4.78, 5) is 0. The smallest absolute Gasteiger partial charge is 0.109 e. The van der Waals surface area contributed by atoms with Gasteiger partial charge in [-0.3, -0.25) is 0 Å². The second-order valence-corrected chi connectivity index (χ2v) is 4.29. The zero-order chi connectivity index (χ0) is 12.7. The molecule has 0 spiro atoms. The van der Waals surface area contributed by atoms with Gasteiger partial charge >= 0.3 is 0 Å². The number of rotatable bonds is 3. The number of aliphatic hydroxyl groups is 1. The molecule has 1 atom stereocenters. The summed E-state index contributed by atoms with van der Waals surface area (Å²) >= 11 is 0. The third-order valence-corrected chi connectivity index (χ3v) is 3.01. The summed E-state index contributed by atoms with van der Waals surface area (Å²) in [7, 11) is 1.96. The quantitative estimate of drug-likeness (QED) is 0.788. The van der Waals surface area contributed by atoms with E-state index in [1.54, 1.807) is 0 Å². The third-order valence-electron chi connectivity index (χ3n) is 3.01. The van der Waals surface area contributed by atoms with Gasteiger partial charge in [0.05, 0.1) is 12.7 Å². The summed E-state index contributed by atoms with van der Waals surface area (Å²) in [5, 5.41) is 21.0. The van der Waals surface area contributed by atoms with E-state index in [-0.39, 0.29) is 27.7 Å². The number of hydrogen-bond acceptors (Lipinski definition) is 3. The Hall–Kier alpha value is -0.682. The SMILES string of the molecule is CCCNC.N#CC1(CO)Cc2ccccc21.[W]. The molecule has 0 heterocycles. The molecule has 98 valence electrons. The molecule has 2 rings (SSSR count). The van der Waals surface area contributed by atoms with E-state index in [4.69, 9.17) is 10.4 Å². The fourth-order valence-electron chi connectivity index (χ4n) is 1.98. The maximum Gasteiger partial charge on any atom is 0.109 e. The van der Waals surface area contributed by atoms with Crippen molar-refractivity contribution in [3.63, 3.8) is 0 Å². The summed E-state index contributed by atoms with van der Waals surface area (Å²) in [6.07, 6.45) is 1.92. The molecule has 0 bridgehead atoms. The van der Waals surface area contributed by atoms with Crippen molar-refractivity contribution in [3.8, 4) is 6.07 Å². The summed E-state index contributed by atoms with van der Waals surface area (Å²) in [6, 6.07) is 9.94. The molecule has 0 saturated heterocycles. The standard InChI is InChI=1S/C10H9NO.C4H11N.W/c11-6-10(7-12)5-8-3-1-2-4-9(8)10;1-3-4-5-2;/h1-4,12H,5,7H2;5H,3-4H2,1-2H3;. The fourth-order valence-corrected chi connectivity index (χ4v) is 1.98. The van der Waals surface area contributed by atoms with Crippen LogP contribution in [-0.4, -0.2) is 25.3 Å². The molecular weight excluding hydrogens is 396 g/mol. The van der Waals surface area contributed by atoms with Gasteiger partial charge in [-0.1, -0.05) is 31.2 Å². The van der Waals surface area contributed by atoms with Crippen molar-refractivity contribution in [3.05, 3.63) is 35.4 Å². The predicted molar refractivity (Wildman–Crippen MR) is 68.7 cm³/mol. The van der Waals surface area contributed by atoms with Crippen LogP contribution in [0.3, 0.4) is 0 Å². The van der Waals surface area contributed by atoms with Gasteiger partial charge in [-0.2, -0.15) is 5.26 Å². The van der Waals surface area contributed by atoms with Crippen molar-refractivity contribution in [1.29, 1.82) is 5.26 Å². The van der Waals surface area contributed by atoms with Crippen LogP contribution in [0.1, 0.15) is 24.5 Å². The number of nitrogens with one attached hydrogen (secondary N) is 1. The molecule has 0 aliphatic heterocycles. The molecular formula is C14H20N2OW. The predicted octanol–water partition coefficient (Wildman–Crippen LogP) is 1.61. The van der Waals surface area contributed by atoms with E-state index in [0.29, 0.717) is 6.42 Å². The monoisotopic (exact) mass is 416 g/mol. The molecule has 0 radical (unpaired) electrons. The first kappa shape index (κ1) is 17.3. The van der Waals surface area contributed by atoms with Crippen LogP contribution in [0.25, 0.3) is 0 Å². The third kappa shape index (κ3) is 3.65. The molecule has 1 aromatic carbocycles. The molecule has 4 heteroatoms. The number of benzene rings is 1. The van der Waals surface area contributed by atoms with Gasteiger partial charge in [0, 0.05) is 21.1 Å². The van der Waals surface area contributed by atoms with Gasteiger partial charge in [0.2, 0.25) is 0 Å². The minimum absolute atomic E-state index is 0. The van der Waals surface area contributed by atoms with E-state index < -0.39 is 5.41 Å². The summed E-state index contributed by atoms with van der Waals surface area (Å²) in [5.74, 6) is 0. The Kier molecular flexibility index (Phi) is 8.11. The van der Waals surface area contributed by atoms with Crippen molar-refractivity contribution < 1.29 is 26.2 Å². The normalized spacial score (nSPS) is 19.2. The Morgan fingerprint density at radius 1 is 1.44 bits per heavy atom. The molecule has 3 nitrogen and oxygen atoms in total. The minimum atomic E-state index is -0.601. The van der Waals surface area contributed by atoms with Gasteiger partial charge in [-0.25, -0.2) is 0 Å². The van der Waals surface area contributed by atoms with Crippen LogP contribution in [0.5, 0.6) is 0 Å². The van der Waals surface area contributed by atoms with Gasteiger partial charge in [0.25, 0.3) is 0 Å². The van der Waals surface area contributed by atoms with Crippen molar-refractivity contribution in [2.24, 2.45) is 0 Å². The van der Waals surface area contributed by atoms with E-state index in [2.05, 4.69) is 18.3 Å². The van der Waals surface area contributed by atoms with Gasteiger partial charge in [-0.15, -0.1) is 0 Å². The molecule has 1 aromatic rings. The molecule has 1 aliphatic rings. The zero-order valence-corrected chi connectivity index (χ0v) is 13.9. The van der Waals surface area contributed by atoms with E-state index in [9.17, 15) is 0 Å².